The van der Waals surface area contributed by atoms with Crippen molar-refractivity contribution in [1.82, 2.24) is 15.0 Å². The summed E-state index contributed by atoms with van der Waals surface area (Å²) in [4.78, 5) is 12.9. The van der Waals surface area contributed by atoms with E-state index in [4.69, 9.17) is 11.6 Å². The average molecular weight is 240 g/mol. The predicted octanol–water partition coefficient (Wildman–Crippen LogP) is 2.57. The lowest BCUT2D eigenvalue weighted by atomic mass is 10.3. The van der Waals surface area contributed by atoms with Crippen LogP contribution in [-0.4, -0.2) is 15.0 Å². The van der Waals surface area contributed by atoms with E-state index < -0.39 is 0 Å². The third-order valence-corrected chi connectivity index (χ3v) is 3.00. The Morgan fingerprint density at radius 3 is 2.87 bits per heavy atom. The molecule has 2 rings (SSSR count). The molecule has 0 aromatic carbocycles. The van der Waals surface area contributed by atoms with Crippen molar-refractivity contribution in [2.24, 2.45) is 0 Å². The van der Waals surface area contributed by atoms with Gasteiger partial charge in [-0.1, -0.05) is 0 Å². The SMILES string of the molecule is Cc1nc(Cc2nccc(CCl)n2)cs1. The van der Waals surface area contributed by atoms with E-state index in [1.807, 2.05) is 18.4 Å². The van der Waals surface area contributed by atoms with E-state index in [0.29, 0.717) is 12.3 Å². The zero-order chi connectivity index (χ0) is 10.7. The van der Waals surface area contributed by atoms with E-state index in [1.165, 1.54) is 0 Å². The van der Waals surface area contributed by atoms with Gasteiger partial charge in [0.15, 0.2) is 0 Å². The Labute approximate surface area is 97.2 Å². The maximum atomic E-state index is 5.70. The summed E-state index contributed by atoms with van der Waals surface area (Å²) in [6.07, 6.45) is 2.41. The number of rotatable bonds is 3. The normalized spacial score (nSPS) is 10.5. The van der Waals surface area contributed by atoms with Gasteiger partial charge in [-0.05, 0) is 13.0 Å². The van der Waals surface area contributed by atoms with Crippen LogP contribution >= 0.6 is 22.9 Å². The third kappa shape index (κ3) is 2.73. The van der Waals surface area contributed by atoms with Gasteiger partial charge in [0.1, 0.15) is 5.82 Å². The Kier molecular flexibility index (Phi) is 3.28. The summed E-state index contributed by atoms with van der Waals surface area (Å²) in [5, 5.41) is 3.10. The molecular weight excluding hydrogens is 230 g/mol. The van der Waals surface area contributed by atoms with Crippen LogP contribution in [0.4, 0.5) is 0 Å². The second kappa shape index (κ2) is 4.68. The molecule has 2 heterocycles. The van der Waals surface area contributed by atoms with E-state index in [0.717, 1.165) is 22.2 Å². The van der Waals surface area contributed by atoms with Gasteiger partial charge in [0, 0.05) is 11.6 Å². The summed E-state index contributed by atoms with van der Waals surface area (Å²) in [5.41, 5.74) is 1.87. The number of hydrogen-bond acceptors (Lipinski definition) is 4. The first-order chi connectivity index (χ1) is 7.28. The average Bonchev–Trinajstić information content (AvgIpc) is 2.64. The first-order valence-electron chi connectivity index (χ1n) is 4.55. The number of alkyl halides is 1. The second-order valence-electron chi connectivity index (χ2n) is 3.13. The van der Waals surface area contributed by atoms with Gasteiger partial charge in [-0.15, -0.1) is 22.9 Å². The Morgan fingerprint density at radius 2 is 2.20 bits per heavy atom. The minimum Gasteiger partial charge on any atom is -0.246 e. The van der Waals surface area contributed by atoms with E-state index >= 15 is 0 Å². The molecule has 0 aliphatic rings. The largest absolute Gasteiger partial charge is 0.246 e. The van der Waals surface area contributed by atoms with Crippen LogP contribution in [0.2, 0.25) is 0 Å². The highest BCUT2D eigenvalue weighted by molar-refractivity contribution is 7.09. The Hall–Kier alpha value is -1.00. The lowest BCUT2D eigenvalue weighted by molar-refractivity contribution is 0.915. The van der Waals surface area contributed by atoms with Gasteiger partial charge in [-0.2, -0.15) is 0 Å². The Morgan fingerprint density at radius 1 is 1.33 bits per heavy atom. The second-order valence-corrected chi connectivity index (χ2v) is 4.46. The van der Waals surface area contributed by atoms with Gasteiger partial charge in [0.25, 0.3) is 0 Å². The number of aryl methyl sites for hydroxylation is 1. The number of thiazole rings is 1. The maximum Gasteiger partial charge on any atom is 0.134 e. The monoisotopic (exact) mass is 239 g/mol. The summed E-state index contributed by atoms with van der Waals surface area (Å²) in [5.74, 6) is 1.20. The van der Waals surface area contributed by atoms with Crippen molar-refractivity contribution in [3.05, 3.63) is 39.9 Å². The van der Waals surface area contributed by atoms with Gasteiger partial charge < -0.3 is 0 Å². The van der Waals surface area contributed by atoms with Crippen molar-refractivity contribution < 1.29 is 0 Å². The molecule has 0 bridgehead atoms. The standard InChI is InChI=1S/C10H10ClN3S/c1-7-13-9(6-15-7)4-10-12-3-2-8(5-11)14-10/h2-3,6H,4-5H2,1H3. The molecule has 0 aliphatic carbocycles. The molecule has 0 unspecified atom stereocenters. The molecule has 0 aliphatic heterocycles. The lowest BCUT2D eigenvalue weighted by Crippen LogP contribution is -1.98. The van der Waals surface area contributed by atoms with Crippen LogP contribution in [0.5, 0.6) is 0 Å². The van der Waals surface area contributed by atoms with Crippen LogP contribution in [0.15, 0.2) is 17.6 Å². The van der Waals surface area contributed by atoms with E-state index in [-0.39, 0.29) is 0 Å². The smallest absolute Gasteiger partial charge is 0.134 e. The van der Waals surface area contributed by atoms with Crippen LogP contribution in [-0.2, 0) is 12.3 Å². The van der Waals surface area contributed by atoms with Gasteiger partial charge in [0.2, 0.25) is 0 Å². The van der Waals surface area contributed by atoms with E-state index in [1.54, 1.807) is 17.5 Å². The van der Waals surface area contributed by atoms with Crippen LogP contribution in [0, 0.1) is 6.92 Å². The molecule has 0 fully saturated rings. The molecule has 15 heavy (non-hydrogen) atoms. The van der Waals surface area contributed by atoms with E-state index in [2.05, 4.69) is 15.0 Å². The number of aromatic nitrogens is 3. The van der Waals surface area contributed by atoms with Crippen molar-refractivity contribution in [3.63, 3.8) is 0 Å². The Bertz CT molecular complexity index is 455. The summed E-state index contributed by atoms with van der Waals surface area (Å²) in [6.45, 7) is 1.99. The zero-order valence-corrected chi connectivity index (χ0v) is 9.85. The van der Waals surface area contributed by atoms with Crippen LogP contribution in [0.25, 0.3) is 0 Å². The fourth-order valence-electron chi connectivity index (χ4n) is 1.25. The van der Waals surface area contributed by atoms with Crippen LogP contribution in [0.3, 0.4) is 0 Å². The fraction of sp³-hybridized carbons (Fsp3) is 0.300. The molecule has 2 aromatic rings. The number of hydrogen-bond donors (Lipinski definition) is 0. The highest BCUT2D eigenvalue weighted by atomic mass is 35.5. The molecule has 0 N–H and O–H groups in total. The summed E-state index contributed by atoms with van der Waals surface area (Å²) in [6, 6.07) is 1.82. The number of nitrogens with zero attached hydrogens (tertiary/aromatic N) is 3. The van der Waals surface area contributed by atoms with Crippen molar-refractivity contribution >= 4 is 22.9 Å². The first-order valence-corrected chi connectivity index (χ1v) is 5.97. The minimum absolute atomic E-state index is 0.422. The van der Waals surface area contributed by atoms with Crippen molar-refractivity contribution in [2.45, 2.75) is 19.2 Å². The van der Waals surface area contributed by atoms with Crippen LogP contribution < -0.4 is 0 Å². The number of halogens is 1. The van der Waals surface area contributed by atoms with Crippen molar-refractivity contribution in [3.8, 4) is 0 Å². The van der Waals surface area contributed by atoms with Gasteiger partial charge in [0.05, 0.1) is 28.7 Å². The summed E-state index contributed by atoms with van der Waals surface area (Å²) >= 11 is 7.34. The highest BCUT2D eigenvalue weighted by Crippen LogP contribution is 2.11. The van der Waals surface area contributed by atoms with Crippen molar-refractivity contribution in [2.75, 3.05) is 0 Å². The summed E-state index contributed by atoms with van der Waals surface area (Å²) < 4.78 is 0. The minimum atomic E-state index is 0.422. The molecule has 0 saturated carbocycles. The molecule has 78 valence electrons. The van der Waals surface area contributed by atoms with Gasteiger partial charge in [-0.25, -0.2) is 15.0 Å². The highest BCUT2D eigenvalue weighted by Gasteiger charge is 2.03. The third-order valence-electron chi connectivity index (χ3n) is 1.91. The summed E-state index contributed by atoms with van der Waals surface area (Å²) in [7, 11) is 0. The molecule has 0 atom stereocenters. The molecule has 3 nitrogen and oxygen atoms in total. The molecule has 0 amide bonds. The molecule has 0 spiro atoms. The Balaban J connectivity index is 2.16. The molecule has 0 radical (unpaired) electrons. The quantitative estimate of drug-likeness (QED) is 0.773. The topological polar surface area (TPSA) is 38.7 Å². The predicted molar refractivity (Wildman–Crippen MR) is 61.2 cm³/mol. The first kappa shape index (κ1) is 10.5. The van der Waals surface area contributed by atoms with Gasteiger partial charge in [-0.3, -0.25) is 0 Å². The van der Waals surface area contributed by atoms with Crippen molar-refractivity contribution in [1.29, 1.82) is 0 Å². The lowest BCUT2D eigenvalue weighted by Gasteiger charge is -1.98. The molecular formula is C10H10ClN3S. The molecule has 0 saturated heterocycles. The molecule has 5 heteroatoms. The fourth-order valence-corrected chi connectivity index (χ4v) is 2.01. The molecule has 2 aromatic heterocycles. The maximum absolute atomic E-state index is 5.70. The van der Waals surface area contributed by atoms with Crippen LogP contribution in [0.1, 0.15) is 22.2 Å². The zero-order valence-electron chi connectivity index (χ0n) is 8.27. The van der Waals surface area contributed by atoms with E-state index in [9.17, 15) is 0 Å². The van der Waals surface area contributed by atoms with Gasteiger partial charge >= 0.3 is 0 Å².